The first-order valence-corrected chi connectivity index (χ1v) is 8.24. The highest BCUT2D eigenvalue weighted by Gasteiger charge is 2.17. The first-order chi connectivity index (χ1) is 10.2. The summed E-state index contributed by atoms with van der Waals surface area (Å²) in [4.78, 5) is 10.7. The van der Waals surface area contributed by atoms with E-state index < -0.39 is 16.0 Å². The van der Waals surface area contributed by atoms with Crippen molar-refractivity contribution in [3.8, 4) is 0 Å². The van der Waals surface area contributed by atoms with Crippen molar-refractivity contribution in [1.29, 1.82) is 0 Å². The van der Waals surface area contributed by atoms with Crippen LogP contribution in [0.1, 0.15) is 15.9 Å². The molecule has 2 aromatic carbocycles. The van der Waals surface area contributed by atoms with Crippen LogP contribution in [-0.4, -0.2) is 14.4 Å². The van der Waals surface area contributed by atoms with Crippen LogP contribution in [0.25, 0.3) is 0 Å². The van der Waals surface area contributed by atoms with Gasteiger partial charge in [0.05, 0.1) is 16.6 Å². The van der Waals surface area contributed by atoms with Crippen LogP contribution in [0.5, 0.6) is 0 Å². The summed E-state index contributed by atoms with van der Waals surface area (Å²) in [6, 6.07) is 7.90. The van der Waals surface area contributed by atoms with Crippen molar-refractivity contribution in [2.75, 3.05) is 4.72 Å². The monoisotopic (exact) mass is 358 g/mol. The molecule has 1 N–H and O–H groups in total. The molecule has 0 bridgehead atoms. The molecule has 2 aromatic rings. The number of hydrogen-bond donors (Lipinski definition) is 1. The Balaban J connectivity index is 2.44. The van der Waals surface area contributed by atoms with E-state index in [4.69, 9.17) is 23.2 Å². The molecular weight excluding hydrogens is 349 g/mol. The van der Waals surface area contributed by atoms with Crippen LogP contribution in [0.3, 0.4) is 0 Å². The van der Waals surface area contributed by atoms with Gasteiger partial charge in [0.2, 0.25) is 0 Å². The second kappa shape index (κ2) is 6.16. The lowest BCUT2D eigenvalue weighted by Gasteiger charge is -2.13. The molecule has 116 valence electrons. The fourth-order valence-electron chi connectivity index (χ4n) is 1.75. The van der Waals surface area contributed by atoms with E-state index in [1.54, 1.807) is 6.92 Å². The van der Waals surface area contributed by atoms with Gasteiger partial charge in [-0.2, -0.15) is 0 Å². The third-order valence-electron chi connectivity index (χ3n) is 2.86. The van der Waals surface area contributed by atoms with Crippen molar-refractivity contribution in [2.24, 2.45) is 0 Å². The summed E-state index contributed by atoms with van der Waals surface area (Å²) in [6.45, 7) is 1.64. The van der Waals surface area contributed by atoms with Gasteiger partial charge >= 0.3 is 0 Å². The maximum absolute atomic E-state index is 12.3. The summed E-state index contributed by atoms with van der Waals surface area (Å²) < 4.78 is 27.0. The first-order valence-electron chi connectivity index (χ1n) is 6.00. The molecule has 0 spiro atoms. The number of aryl methyl sites for hydroxylation is 1. The van der Waals surface area contributed by atoms with Crippen LogP contribution in [0.4, 0.5) is 5.69 Å². The largest absolute Gasteiger partial charge is 0.545 e. The minimum atomic E-state index is -3.96. The predicted molar refractivity (Wildman–Crippen MR) is 82.8 cm³/mol. The standard InChI is InChI=1S/C14H11Cl2NO4S/c1-8-2-3-9(14(18)19)4-13(8)17-22(20,21)12-6-10(15)5-11(16)7-12/h2-7,17H,1H3,(H,18,19)/p-1. The second-order valence-electron chi connectivity index (χ2n) is 4.53. The number of carbonyl (C=O) groups excluding carboxylic acids is 1. The molecule has 0 saturated carbocycles. The molecule has 0 heterocycles. The molecule has 0 aliphatic carbocycles. The third kappa shape index (κ3) is 3.71. The summed E-state index contributed by atoms with van der Waals surface area (Å²) in [6.07, 6.45) is 0. The molecule has 5 nitrogen and oxygen atoms in total. The average molecular weight is 359 g/mol. The molecule has 22 heavy (non-hydrogen) atoms. The van der Waals surface area contributed by atoms with Gasteiger partial charge in [-0.25, -0.2) is 8.42 Å². The van der Waals surface area contributed by atoms with Crippen LogP contribution in [-0.2, 0) is 10.0 Å². The third-order valence-corrected chi connectivity index (χ3v) is 4.65. The molecule has 0 radical (unpaired) electrons. The Kier molecular flexibility index (Phi) is 4.65. The van der Waals surface area contributed by atoms with Crippen molar-refractivity contribution in [3.63, 3.8) is 0 Å². The number of rotatable bonds is 4. The highest BCUT2D eigenvalue weighted by atomic mass is 35.5. The molecule has 0 saturated heterocycles. The van der Waals surface area contributed by atoms with E-state index in [1.807, 2.05) is 0 Å². The number of anilines is 1. The van der Waals surface area contributed by atoms with Gasteiger partial charge in [-0.15, -0.1) is 0 Å². The summed E-state index contributed by atoms with van der Waals surface area (Å²) in [7, 11) is -3.96. The van der Waals surface area contributed by atoms with Gasteiger partial charge in [0.1, 0.15) is 0 Å². The zero-order valence-corrected chi connectivity index (χ0v) is 13.6. The minimum Gasteiger partial charge on any atom is -0.545 e. The van der Waals surface area contributed by atoms with Gasteiger partial charge in [0, 0.05) is 10.0 Å². The number of carboxylic acid groups (broad SMARTS) is 1. The van der Waals surface area contributed by atoms with Crippen LogP contribution < -0.4 is 9.83 Å². The number of sulfonamides is 1. The topological polar surface area (TPSA) is 86.3 Å². The SMILES string of the molecule is Cc1ccc(C(=O)[O-])cc1NS(=O)(=O)c1cc(Cl)cc(Cl)c1. The van der Waals surface area contributed by atoms with Crippen molar-refractivity contribution < 1.29 is 18.3 Å². The van der Waals surface area contributed by atoms with Crippen molar-refractivity contribution in [2.45, 2.75) is 11.8 Å². The van der Waals surface area contributed by atoms with E-state index in [9.17, 15) is 18.3 Å². The summed E-state index contributed by atoms with van der Waals surface area (Å²) in [5, 5.41) is 11.2. The number of halogens is 2. The highest BCUT2D eigenvalue weighted by Crippen LogP contribution is 2.25. The van der Waals surface area contributed by atoms with E-state index in [2.05, 4.69) is 4.72 Å². The van der Waals surface area contributed by atoms with Crippen LogP contribution in [0.15, 0.2) is 41.3 Å². The number of benzene rings is 2. The lowest BCUT2D eigenvalue weighted by atomic mass is 10.1. The van der Waals surface area contributed by atoms with Gasteiger partial charge in [-0.3, -0.25) is 4.72 Å². The number of hydrogen-bond acceptors (Lipinski definition) is 4. The van der Waals surface area contributed by atoms with Crippen LogP contribution in [0, 0.1) is 6.92 Å². The Hall–Kier alpha value is -1.76. The van der Waals surface area contributed by atoms with E-state index in [1.165, 1.54) is 36.4 Å². The Bertz CT molecular complexity index is 830. The van der Waals surface area contributed by atoms with E-state index in [0.29, 0.717) is 5.56 Å². The molecular formula is C14H10Cl2NO4S-. The maximum atomic E-state index is 12.3. The molecule has 0 atom stereocenters. The average Bonchev–Trinajstić information content (AvgIpc) is 2.39. The lowest BCUT2D eigenvalue weighted by Crippen LogP contribution is -2.22. The second-order valence-corrected chi connectivity index (χ2v) is 7.08. The fraction of sp³-hybridized carbons (Fsp3) is 0.0714. The molecule has 0 aliphatic heterocycles. The zero-order chi connectivity index (χ0) is 16.5. The predicted octanol–water partition coefficient (Wildman–Crippen LogP) is 2.47. The Labute approximate surface area is 137 Å². The Morgan fingerprint density at radius 1 is 1.09 bits per heavy atom. The van der Waals surface area contributed by atoms with Crippen LogP contribution >= 0.6 is 23.2 Å². The van der Waals surface area contributed by atoms with Crippen molar-refractivity contribution in [3.05, 3.63) is 57.6 Å². The minimum absolute atomic E-state index is 0.122. The van der Waals surface area contributed by atoms with Crippen LogP contribution in [0.2, 0.25) is 10.0 Å². The maximum Gasteiger partial charge on any atom is 0.262 e. The number of aromatic carboxylic acids is 1. The molecule has 0 fully saturated rings. The molecule has 8 heteroatoms. The summed E-state index contributed by atoms with van der Waals surface area (Å²) >= 11 is 11.6. The van der Waals surface area contributed by atoms with Gasteiger partial charge in [0.25, 0.3) is 10.0 Å². The smallest absolute Gasteiger partial charge is 0.262 e. The molecule has 0 amide bonds. The molecule has 0 aliphatic rings. The molecule has 0 unspecified atom stereocenters. The summed E-state index contributed by atoms with van der Waals surface area (Å²) in [5.41, 5.74) is 0.562. The van der Waals surface area contributed by atoms with Gasteiger partial charge in [-0.1, -0.05) is 35.3 Å². The lowest BCUT2D eigenvalue weighted by molar-refractivity contribution is -0.255. The van der Waals surface area contributed by atoms with Crippen molar-refractivity contribution in [1.82, 2.24) is 0 Å². The quantitative estimate of drug-likeness (QED) is 0.909. The zero-order valence-electron chi connectivity index (χ0n) is 11.3. The van der Waals surface area contributed by atoms with Gasteiger partial charge in [0.15, 0.2) is 0 Å². The molecule has 0 aromatic heterocycles. The van der Waals surface area contributed by atoms with E-state index >= 15 is 0 Å². The number of nitrogens with one attached hydrogen (secondary N) is 1. The Morgan fingerprint density at radius 2 is 1.68 bits per heavy atom. The Morgan fingerprint density at radius 3 is 2.23 bits per heavy atom. The van der Waals surface area contributed by atoms with E-state index in [0.717, 1.165) is 0 Å². The fourth-order valence-corrected chi connectivity index (χ4v) is 3.59. The van der Waals surface area contributed by atoms with Crippen molar-refractivity contribution >= 4 is 44.9 Å². The normalized spacial score (nSPS) is 11.2. The molecule has 2 rings (SSSR count). The number of carbonyl (C=O) groups is 1. The summed E-state index contributed by atoms with van der Waals surface area (Å²) in [5.74, 6) is -1.40. The van der Waals surface area contributed by atoms with Gasteiger partial charge in [-0.05, 0) is 42.3 Å². The van der Waals surface area contributed by atoms with Gasteiger partial charge < -0.3 is 9.90 Å². The number of carboxylic acids is 1. The van der Waals surface area contributed by atoms with E-state index in [-0.39, 0.29) is 26.2 Å². The highest BCUT2D eigenvalue weighted by molar-refractivity contribution is 7.92. The first kappa shape index (κ1) is 16.6.